The van der Waals surface area contributed by atoms with Crippen LogP contribution in [0.2, 0.25) is 0 Å². The molecule has 0 saturated heterocycles. The SMILES string of the molecule is C[C@@](O)(C#Cc1ccccc1)c1ccccc1. The third-order valence-corrected chi connectivity index (χ3v) is 2.56. The summed E-state index contributed by atoms with van der Waals surface area (Å²) in [5, 5.41) is 10.3. The molecule has 0 saturated carbocycles. The van der Waals surface area contributed by atoms with E-state index >= 15 is 0 Å². The Morgan fingerprint density at radius 1 is 0.882 bits per heavy atom. The minimum Gasteiger partial charge on any atom is -0.374 e. The molecule has 0 aliphatic carbocycles. The van der Waals surface area contributed by atoms with Gasteiger partial charge >= 0.3 is 0 Å². The van der Waals surface area contributed by atoms with E-state index in [1.807, 2.05) is 60.7 Å². The average Bonchev–Trinajstić information content (AvgIpc) is 2.39. The molecule has 2 rings (SSSR count). The van der Waals surface area contributed by atoms with Crippen molar-refractivity contribution in [3.63, 3.8) is 0 Å². The van der Waals surface area contributed by atoms with E-state index in [4.69, 9.17) is 0 Å². The summed E-state index contributed by atoms with van der Waals surface area (Å²) in [5.74, 6) is 5.88. The predicted octanol–water partition coefficient (Wildman–Crippen LogP) is 2.95. The summed E-state index contributed by atoms with van der Waals surface area (Å²) in [5.41, 5.74) is 0.601. The van der Waals surface area contributed by atoms with Crippen LogP contribution in [-0.2, 0) is 5.60 Å². The molecule has 0 aromatic heterocycles. The number of benzene rings is 2. The van der Waals surface area contributed by atoms with Gasteiger partial charge in [-0.05, 0) is 24.6 Å². The van der Waals surface area contributed by atoms with Gasteiger partial charge in [0.2, 0.25) is 0 Å². The van der Waals surface area contributed by atoms with Crippen molar-refractivity contribution in [3.8, 4) is 11.8 Å². The van der Waals surface area contributed by atoms with Gasteiger partial charge in [0, 0.05) is 5.56 Å². The monoisotopic (exact) mass is 222 g/mol. The van der Waals surface area contributed by atoms with Gasteiger partial charge in [-0.2, -0.15) is 0 Å². The zero-order valence-electron chi connectivity index (χ0n) is 9.72. The van der Waals surface area contributed by atoms with Gasteiger partial charge < -0.3 is 5.11 Å². The van der Waals surface area contributed by atoms with E-state index in [0.29, 0.717) is 0 Å². The Labute approximate surface area is 102 Å². The van der Waals surface area contributed by atoms with E-state index < -0.39 is 5.60 Å². The lowest BCUT2D eigenvalue weighted by atomic mass is 9.96. The Hall–Kier alpha value is -2.04. The fraction of sp³-hybridized carbons (Fsp3) is 0.125. The highest BCUT2D eigenvalue weighted by Gasteiger charge is 2.18. The van der Waals surface area contributed by atoms with Gasteiger partial charge in [0.05, 0.1) is 0 Å². The molecule has 0 radical (unpaired) electrons. The lowest BCUT2D eigenvalue weighted by molar-refractivity contribution is 0.122. The van der Waals surface area contributed by atoms with Crippen molar-refractivity contribution in [2.75, 3.05) is 0 Å². The van der Waals surface area contributed by atoms with Gasteiger partial charge in [-0.3, -0.25) is 0 Å². The van der Waals surface area contributed by atoms with E-state index in [-0.39, 0.29) is 0 Å². The van der Waals surface area contributed by atoms with Crippen LogP contribution in [0.25, 0.3) is 0 Å². The zero-order chi connectivity index (χ0) is 12.1. The Bertz CT molecular complexity index is 530. The summed E-state index contributed by atoms with van der Waals surface area (Å²) in [4.78, 5) is 0. The second-order valence-electron chi connectivity index (χ2n) is 4.05. The third kappa shape index (κ3) is 2.96. The second-order valence-corrected chi connectivity index (χ2v) is 4.05. The molecular weight excluding hydrogens is 208 g/mol. The number of hydrogen-bond donors (Lipinski definition) is 1. The number of aliphatic hydroxyl groups is 1. The van der Waals surface area contributed by atoms with Crippen LogP contribution in [0.15, 0.2) is 60.7 Å². The molecule has 1 nitrogen and oxygen atoms in total. The van der Waals surface area contributed by atoms with Crippen LogP contribution in [0.3, 0.4) is 0 Å². The van der Waals surface area contributed by atoms with E-state index in [0.717, 1.165) is 11.1 Å². The average molecular weight is 222 g/mol. The molecule has 0 heterocycles. The lowest BCUT2D eigenvalue weighted by Crippen LogP contribution is -2.18. The maximum Gasteiger partial charge on any atom is 0.148 e. The Balaban J connectivity index is 2.27. The summed E-state index contributed by atoms with van der Waals surface area (Å²) < 4.78 is 0. The summed E-state index contributed by atoms with van der Waals surface area (Å²) in [6.45, 7) is 1.71. The predicted molar refractivity (Wildman–Crippen MR) is 69.3 cm³/mol. The first-order valence-electron chi connectivity index (χ1n) is 5.54. The largest absolute Gasteiger partial charge is 0.374 e. The van der Waals surface area contributed by atoms with Gasteiger partial charge in [0.25, 0.3) is 0 Å². The van der Waals surface area contributed by atoms with E-state index in [2.05, 4.69) is 11.8 Å². The van der Waals surface area contributed by atoms with Crippen molar-refractivity contribution in [1.82, 2.24) is 0 Å². The van der Waals surface area contributed by atoms with Crippen molar-refractivity contribution in [2.45, 2.75) is 12.5 Å². The summed E-state index contributed by atoms with van der Waals surface area (Å²) in [6.07, 6.45) is 0. The quantitative estimate of drug-likeness (QED) is 0.735. The molecule has 84 valence electrons. The molecule has 0 unspecified atom stereocenters. The van der Waals surface area contributed by atoms with E-state index in [1.165, 1.54) is 0 Å². The molecule has 0 aliphatic rings. The maximum absolute atomic E-state index is 10.3. The van der Waals surface area contributed by atoms with Gasteiger partial charge in [-0.15, -0.1) is 0 Å². The number of rotatable bonds is 1. The lowest BCUT2D eigenvalue weighted by Gasteiger charge is -2.16. The van der Waals surface area contributed by atoms with Gasteiger partial charge in [0.1, 0.15) is 5.60 Å². The maximum atomic E-state index is 10.3. The highest BCUT2D eigenvalue weighted by Crippen LogP contribution is 2.18. The normalized spacial score (nSPS) is 13.3. The molecule has 2 aromatic carbocycles. The molecule has 2 aromatic rings. The van der Waals surface area contributed by atoms with Crippen LogP contribution >= 0.6 is 0 Å². The van der Waals surface area contributed by atoms with E-state index in [9.17, 15) is 5.11 Å². The Kier molecular flexibility index (Phi) is 3.27. The third-order valence-electron chi connectivity index (χ3n) is 2.56. The van der Waals surface area contributed by atoms with Gasteiger partial charge in [-0.1, -0.05) is 60.4 Å². The van der Waals surface area contributed by atoms with Crippen LogP contribution in [0.1, 0.15) is 18.1 Å². The fourth-order valence-electron chi connectivity index (χ4n) is 1.55. The first kappa shape index (κ1) is 11.4. The summed E-state index contributed by atoms with van der Waals surface area (Å²) in [7, 11) is 0. The fourth-order valence-corrected chi connectivity index (χ4v) is 1.55. The van der Waals surface area contributed by atoms with Crippen LogP contribution in [0, 0.1) is 11.8 Å². The molecule has 0 fully saturated rings. The Morgan fingerprint density at radius 2 is 1.41 bits per heavy atom. The van der Waals surface area contributed by atoms with Crippen LogP contribution in [-0.4, -0.2) is 5.11 Å². The molecule has 0 amide bonds. The molecule has 17 heavy (non-hydrogen) atoms. The van der Waals surface area contributed by atoms with Crippen LogP contribution in [0.4, 0.5) is 0 Å². The molecule has 0 spiro atoms. The van der Waals surface area contributed by atoms with E-state index in [1.54, 1.807) is 6.92 Å². The molecule has 1 atom stereocenters. The standard InChI is InChI=1S/C16H14O/c1-16(17,15-10-6-3-7-11-15)13-12-14-8-4-2-5-9-14/h2-11,17H,1H3/t16-/m1/s1. The van der Waals surface area contributed by atoms with Crippen molar-refractivity contribution in [1.29, 1.82) is 0 Å². The van der Waals surface area contributed by atoms with Gasteiger partial charge in [-0.25, -0.2) is 0 Å². The summed E-state index contributed by atoms with van der Waals surface area (Å²) in [6, 6.07) is 19.1. The van der Waals surface area contributed by atoms with Crippen molar-refractivity contribution in [3.05, 3.63) is 71.8 Å². The summed E-state index contributed by atoms with van der Waals surface area (Å²) >= 11 is 0. The van der Waals surface area contributed by atoms with Crippen LogP contribution < -0.4 is 0 Å². The highest BCUT2D eigenvalue weighted by atomic mass is 16.3. The molecule has 0 aliphatic heterocycles. The van der Waals surface area contributed by atoms with Crippen molar-refractivity contribution in [2.24, 2.45) is 0 Å². The van der Waals surface area contributed by atoms with Gasteiger partial charge in [0.15, 0.2) is 0 Å². The molecule has 0 bridgehead atoms. The van der Waals surface area contributed by atoms with Crippen LogP contribution in [0.5, 0.6) is 0 Å². The van der Waals surface area contributed by atoms with Crippen molar-refractivity contribution < 1.29 is 5.11 Å². The Morgan fingerprint density at radius 3 is 2.00 bits per heavy atom. The molecule has 1 heteroatoms. The molecular formula is C16H14O. The first-order chi connectivity index (χ1) is 8.18. The second kappa shape index (κ2) is 4.86. The smallest absolute Gasteiger partial charge is 0.148 e. The zero-order valence-corrected chi connectivity index (χ0v) is 9.72. The minimum absolute atomic E-state index is 0.809. The topological polar surface area (TPSA) is 20.2 Å². The minimum atomic E-state index is -1.11. The van der Waals surface area contributed by atoms with Crippen molar-refractivity contribution >= 4 is 0 Å². The first-order valence-corrected chi connectivity index (χ1v) is 5.54. The number of hydrogen-bond acceptors (Lipinski definition) is 1. The highest BCUT2D eigenvalue weighted by molar-refractivity contribution is 5.39. The molecule has 1 N–H and O–H groups in total.